The van der Waals surface area contributed by atoms with Crippen LogP contribution in [0.4, 0.5) is 8.78 Å². The standard InChI is InChI=1S/C11H11F2IN2O/c12-8-4-9(13)10(14)3-7(8)11(17)16-2-1-6(15)5-16/h3-4,6H,1-2,5,15H2/t6-/m0/s1. The molecule has 17 heavy (non-hydrogen) atoms. The Balaban J connectivity index is 2.28. The zero-order chi connectivity index (χ0) is 12.6. The van der Waals surface area contributed by atoms with Gasteiger partial charge in [0.2, 0.25) is 0 Å². The third kappa shape index (κ3) is 2.57. The molecule has 1 aliphatic rings. The maximum absolute atomic E-state index is 13.5. The van der Waals surface area contributed by atoms with Gasteiger partial charge in [0, 0.05) is 28.8 Å². The maximum atomic E-state index is 13.5. The van der Waals surface area contributed by atoms with Gasteiger partial charge in [-0.1, -0.05) is 0 Å². The molecule has 6 heteroatoms. The number of rotatable bonds is 1. The van der Waals surface area contributed by atoms with Crippen LogP contribution < -0.4 is 5.73 Å². The highest BCUT2D eigenvalue weighted by molar-refractivity contribution is 14.1. The van der Waals surface area contributed by atoms with Crippen molar-refractivity contribution in [3.05, 3.63) is 32.9 Å². The molecule has 1 aromatic carbocycles. The first-order chi connectivity index (χ1) is 7.99. The molecule has 0 spiro atoms. The van der Waals surface area contributed by atoms with Crippen molar-refractivity contribution < 1.29 is 13.6 Å². The fourth-order valence-electron chi connectivity index (χ4n) is 1.83. The first kappa shape index (κ1) is 12.7. The normalized spacial score (nSPS) is 19.8. The van der Waals surface area contributed by atoms with Crippen molar-refractivity contribution in [3.8, 4) is 0 Å². The number of nitrogens with zero attached hydrogens (tertiary/aromatic N) is 1. The summed E-state index contributed by atoms with van der Waals surface area (Å²) in [6, 6.07) is 1.92. The van der Waals surface area contributed by atoms with E-state index in [1.807, 2.05) is 0 Å². The summed E-state index contributed by atoms with van der Waals surface area (Å²) in [5.41, 5.74) is 5.59. The largest absolute Gasteiger partial charge is 0.337 e. The molecule has 92 valence electrons. The molecule has 1 fully saturated rings. The van der Waals surface area contributed by atoms with Gasteiger partial charge in [-0.2, -0.15) is 0 Å². The summed E-state index contributed by atoms with van der Waals surface area (Å²) in [5.74, 6) is -1.90. The number of nitrogens with two attached hydrogens (primary N) is 1. The maximum Gasteiger partial charge on any atom is 0.256 e. The van der Waals surface area contributed by atoms with Crippen LogP contribution in [-0.2, 0) is 0 Å². The highest BCUT2D eigenvalue weighted by Crippen LogP contribution is 2.20. The SMILES string of the molecule is N[C@H]1CCN(C(=O)c2cc(I)c(F)cc2F)C1. The van der Waals surface area contributed by atoms with Crippen molar-refractivity contribution in [2.24, 2.45) is 5.73 Å². The topological polar surface area (TPSA) is 46.3 Å². The average molecular weight is 352 g/mol. The molecule has 2 rings (SSSR count). The molecule has 0 aromatic heterocycles. The van der Waals surface area contributed by atoms with Crippen molar-refractivity contribution in [2.45, 2.75) is 12.5 Å². The molecule has 0 aliphatic carbocycles. The van der Waals surface area contributed by atoms with E-state index < -0.39 is 17.5 Å². The smallest absolute Gasteiger partial charge is 0.256 e. The summed E-state index contributed by atoms with van der Waals surface area (Å²) < 4.78 is 26.8. The van der Waals surface area contributed by atoms with E-state index >= 15 is 0 Å². The van der Waals surface area contributed by atoms with Crippen molar-refractivity contribution in [3.63, 3.8) is 0 Å². The Hall–Kier alpha value is -0.760. The number of benzene rings is 1. The van der Waals surface area contributed by atoms with E-state index in [1.54, 1.807) is 22.6 Å². The van der Waals surface area contributed by atoms with Gasteiger partial charge in [0.15, 0.2) is 0 Å². The van der Waals surface area contributed by atoms with E-state index in [0.717, 1.165) is 6.07 Å². The summed E-state index contributed by atoms with van der Waals surface area (Å²) in [4.78, 5) is 13.5. The van der Waals surface area contributed by atoms with Gasteiger partial charge < -0.3 is 10.6 Å². The average Bonchev–Trinajstić information content (AvgIpc) is 2.69. The minimum absolute atomic E-state index is 0.0541. The monoisotopic (exact) mass is 352 g/mol. The first-order valence-electron chi connectivity index (χ1n) is 5.18. The molecule has 0 bridgehead atoms. The lowest BCUT2D eigenvalue weighted by Gasteiger charge is -2.16. The molecule has 3 nitrogen and oxygen atoms in total. The predicted molar refractivity (Wildman–Crippen MR) is 67.6 cm³/mol. The Morgan fingerprint density at radius 2 is 2.12 bits per heavy atom. The van der Waals surface area contributed by atoms with Crippen LogP contribution in [0.5, 0.6) is 0 Å². The minimum Gasteiger partial charge on any atom is -0.337 e. The number of hydrogen-bond acceptors (Lipinski definition) is 2. The van der Waals surface area contributed by atoms with Crippen LogP contribution in [0.1, 0.15) is 16.8 Å². The summed E-state index contributed by atoms with van der Waals surface area (Å²) in [6.07, 6.45) is 0.714. The number of halogens is 3. The summed E-state index contributed by atoms with van der Waals surface area (Å²) in [5, 5.41) is 0. The third-order valence-electron chi connectivity index (χ3n) is 2.75. The first-order valence-corrected chi connectivity index (χ1v) is 6.26. The fraction of sp³-hybridized carbons (Fsp3) is 0.364. The molecule has 0 radical (unpaired) electrons. The number of hydrogen-bond donors (Lipinski definition) is 1. The molecule has 2 N–H and O–H groups in total. The van der Waals surface area contributed by atoms with Crippen molar-refractivity contribution in [2.75, 3.05) is 13.1 Å². The summed E-state index contributed by atoms with van der Waals surface area (Å²) in [6.45, 7) is 0.944. The number of carbonyl (C=O) groups is 1. The fourth-order valence-corrected chi connectivity index (χ4v) is 2.30. The Kier molecular flexibility index (Phi) is 3.62. The predicted octanol–water partition coefficient (Wildman–Crippen LogP) is 1.74. The van der Waals surface area contributed by atoms with Crippen molar-refractivity contribution in [1.29, 1.82) is 0 Å². The Bertz CT molecular complexity index is 467. The molecule has 1 amide bonds. The van der Waals surface area contributed by atoms with Gasteiger partial charge in [-0.25, -0.2) is 8.78 Å². The van der Waals surface area contributed by atoms with Gasteiger partial charge in [-0.3, -0.25) is 4.79 Å². The Labute approximate surface area is 111 Å². The summed E-state index contributed by atoms with van der Waals surface area (Å²) >= 11 is 1.73. The molecular formula is C11H11F2IN2O. The highest BCUT2D eigenvalue weighted by Gasteiger charge is 2.26. The lowest BCUT2D eigenvalue weighted by molar-refractivity contribution is 0.0786. The van der Waals surface area contributed by atoms with E-state index in [0.29, 0.717) is 19.5 Å². The van der Waals surface area contributed by atoms with E-state index in [9.17, 15) is 13.6 Å². The third-order valence-corrected chi connectivity index (χ3v) is 3.58. The van der Waals surface area contributed by atoms with Crippen LogP contribution >= 0.6 is 22.6 Å². The minimum atomic E-state index is -0.826. The molecule has 1 aliphatic heterocycles. The van der Waals surface area contributed by atoms with E-state index in [4.69, 9.17) is 5.73 Å². The molecule has 0 unspecified atom stereocenters. The molecular weight excluding hydrogens is 341 g/mol. The van der Waals surface area contributed by atoms with Gasteiger partial charge in [0.25, 0.3) is 5.91 Å². The van der Waals surface area contributed by atoms with Crippen molar-refractivity contribution in [1.82, 2.24) is 4.90 Å². The second kappa shape index (κ2) is 4.85. The van der Waals surface area contributed by atoms with Crippen LogP contribution in [0.15, 0.2) is 12.1 Å². The summed E-state index contributed by atoms with van der Waals surface area (Å²) in [7, 11) is 0. The second-order valence-corrected chi connectivity index (χ2v) is 5.21. The molecule has 1 aromatic rings. The Morgan fingerprint density at radius 1 is 1.41 bits per heavy atom. The molecule has 1 heterocycles. The second-order valence-electron chi connectivity index (χ2n) is 4.05. The zero-order valence-corrected chi connectivity index (χ0v) is 11.1. The van der Waals surface area contributed by atoms with E-state index in [-0.39, 0.29) is 15.2 Å². The zero-order valence-electron chi connectivity index (χ0n) is 8.92. The van der Waals surface area contributed by atoms with Crippen LogP contribution in [-0.4, -0.2) is 29.9 Å². The van der Waals surface area contributed by atoms with Crippen LogP contribution in [0.2, 0.25) is 0 Å². The van der Waals surface area contributed by atoms with Crippen LogP contribution in [0.3, 0.4) is 0 Å². The van der Waals surface area contributed by atoms with Crippen LogP contribution in [0.25, 0.3) is 0 Å². The van der Waals surface area contributed by atoms with E-state index in [2.05, 4.69) is 0 Å². The number of amides is 1. The van der Waals surface area contributed by atoms with E-state index in [1.165, 1.54) is 11.0 Å². The lowest BCUT2D eigenvalue weighted by Crippen LogP contribution is -2.32. The van der Waals surface area contributed by atoms with Gasteiger partial charge in [-0.05, 0) is 35.1 Å². The van der Waals surface area contributed by atoms with Crippen LogP contribution in [0, 0.1) is 15.2 Å². The van der Waals surface area contributed by atoms with Gasteiger partial charge in [0.1, 0.15) is 11.6 Å². The molecule has 0 saturated carbocycles. The van der Waals surface area contributed by atoms with Crippen molar-refractivity contribution >= 4 is 28.5 Å². The van der Waals surface area contributed by atoms with Gasteiger partial charge >= 0.3 is 0 Å². The number of carbonyl (C=O) groups excluding carboxylic acids is 1. The number of likely N-dealkylation sites (tertiary alicyclic amines) is 1. The van der Waals surface area contributed by atoms with Gasteiger partial charge in [0.05, 0.1) is 5.56 Å². The Morgan fingerprint density at radius 3 is 2.71 bits per heavy atom. The highest BCUT2D eigenvalue weighted by atomic mass is 127. The lowest BCUT2D eigenvalue weighted by atomic mass is 10.2. The quantitative estimate of drug-likeness (QED) is 0.618. The van der Waals surface area contributed by atoms with Gasteiger partial charge in [-0.15, -0.1) is 0 Å². The molecule has 1 saturated heterocycles. The molecule has 1 atom stereocenters.